The fourth-order valence-electron chi connectivity index (χ4n) is 0.917. The second kappa shape index (κ2) is 5.89. The molecule has 82 valence electrons. The van der Waals surface area contributed by atoms with Gasteiger partial charge < -0.3 is 5.11 Å². The predicted molar refractivity (Wildman–Crippen MR) is 66.6 cm³/mol. The van der Waals surface area contributed by atoms with Crippen molar-refractivity contribution >= 4 is 52.7 Å². The quantitative estimate of drug-likeness (QED) is 0.850. The second-order valence-electron chi connectivity index (χ2n) is 2.60. The molecule has 0 amide bonds. The molecule has 2 nitrogen and oxygen atoms in total. The molecule has 0 saturated carbocycles. The fraction of sp³-hybridized carbons (Fsp3) is 0.222. The minimum atomic E-state index is -0.874. The van der Waals surface area contributed by atoms with Crippen LogP contribution in [-0.4, -0.2) is 23.1 Å². The first-order valence-electron chi connectivity index (χ1n) is 3.92. The number of carboxylic acids is 1. The maximum absolute atomic E-state index is 10.4. The number of halogens is 2. The van der Waals surface area contributed by atoms with Gasteiger partial charge in [0.25, 0.3) is 0 Å². The summed E-state index contributed by atoms with van der Waals surface area (Å²) in [6.45, 7) is 0. The molecule has 1 rings (SSSR count). The molecule has 0 atom stereocenters. The predicted octanol–water partition coefficient (Wildman–Crippen LogP) is 3.89. The Morgan fingerprint density at radius 1 is 1.33 bits per heavy atom. The van der Waals surface area contributed by atoms with Crippen LogP contribution < -0.4 is 0 Å². The first-order valence-corrected chi connectivity index (χ1v) is 6.89. The van der Waals surface area contributed by atoms with E-state index in [1.807, 2.05) is 6.26 Å². The molecule has 15 heavy (non-hydrogen) atoms. The van der Waals surface area contributed by atoms with Crippen molar-refractivity contribution in [3.8, 4) is 0 Å². The van der Waals surface area contributed by atoms with Gasteiger partial charge >= 0.3 is 5.97 Å². The summed E-state index contributed by atoms with van der Waals surface area (Å²) in [5.74, 6) is -0.893. The molecular weight excluding hydrogens is 275 g/mol. The van der Waals surface area contributed by atoms with Crippen molar-refractivity contribution in [1.29, 1.82) is 0 Å². The summed E-state index contributed by atoms with van der Waals surface area (Å²) in [5, 5.41) is 9.67. The summed E-state index contributed by atoms with van der Waals surface area (Å²) >= 11 is 14.6. The highest BCUT2D eigenvalue weighted by molar-refractivity contribution is 8.00. The smallest absolute Gasteiger partial charge is 0.313 e. The number of carbonyl (C=O) groups is 1. The Kier molecular flexibility index (Phi) is 5.12. The molecule has 0 bridgehead atoms. The van der Waals surface area contributed by atoms with Crippen molar-refractivity contribution in [2.75, 3.05) is 12.0 Å². The third kappa shape index (κ3) is 3.79. The standard InChI is InChI=1S/C9H8Cl2O2S2/c1-14-7-2-6(11)8(3-5(7)10)15-4-9(12)13/h2-3H,4H2,1H3,(H,12,13). The zero-order chi connectivity index (χ0) is 11.4. The summed E-state index contributed by atoms with van der Waals surface area (Å²) in [5.41, 5.74) is 0. The Morgan fingerprint density at radius 3 is 2.40 bits per heavy atom. The van der Waals surface area contributed by atoms with E-state index in [1.54, 1.807) is 12.1 Å². The lowest BCUT2D eigenvalue weighted by atomic mass is 10.3. The van der Waals surface area contributed by atoms with E-state index < -0.39 is 5.97 Å². The molecule has 1 aromatic rings. The van der Waals surface area contributed by atoms with E-state index in [2.05, 4.69) is 0 Å². The van der Waals surface area contributed by atoms with E-state index >= 15 is 0 Å². The van der Waals surface area contributed by atoms with Crippen LogP contribution in [0, 0.1) is 0 Å². The van der Waals surface area contributed by atoms with E-state index in [1.165, 1.54) is 11.8 Å². The van der Waals surface area contributed by atoms with Crippen molar-refractivity contribution < 1.29 is 9.90 Å². The Balaban J connectivity index is 2.90. The van der Waals surface area contributed by atoms with E-state index in [0.29, 0.717) is 14.9 Å². The van der Waals surface area contributed by atoms with Crippen molar-refractivity contribution in [3.05, 3.63) is 22.2 Å². The normalized spacial score (nSPS) is 10.3. The van der Waals surface area contributed by atoms with Gasteiger partial charge in [0.05, 0.1) is 15.8 Å². The maximum Gasteiger partial charge on any atom is 0.313 e. The third-order valence-corrected chi connectivity index (χ3v) is 4.22. The van der Waals surface area contributed by atoms with Crippen LogP contribution >= 0.6 is 46.7 Å². The van der Waals surface area contributed by atoms with E-state index in [4.69, 9.17) is 28.3 Å². The maximum atomic E-state index is 10.4. The average molecular weight is 283 g/mol. The van der Waals surface area contributed by atoms with Gasteiger partial charge in [-0.25, -0.2) is 0 Å². The molecule has 0 aliphatic heterocycles. The zero-order valence-corrected chi connectivity index (χ0v) is 10.9. The molecule has 6 heteroatoms. The third-order valence-electron chi connectivity index (χ3n) is 1.56. The SMILES string of the molecule is CSc1cc(Cl)c(SCC(=O)O)cc1Cl. The van der Waals surface area contributed by atoms with Crippen molar-refractivity contribution in [3.63, 3.8) is 0 Å². The van der Waals surface area contributed by atoms with Crippen LogP contribution in [0.5, 0.6) is 0 Å². The Hall–Kier alpha value is -0.0300. The Labute approximate surface area is 106 Å². The summed E-state index contributed by atoms with van der Waals surface area (Å²) in [6.07, 6.45) is 1.90. The van der Waals surface area contributed by atoms with Gasteiger partial charge in [0.15, 0.2) is 0 Å². The molecule has 1 N–H and O–H groups in total. The van der Waals surface area contributed by atoms with Gasteiger partial charge in [-0.15, -0.1) is 23.5 Å². The minimum Gasteiger partial charge on any atom is -0.481 e. The second-order valence-corrected chi connectivity index (χ2v) is 5.28. The number of hydrogen-bond donors (Lipinski definition) is 1. The van der Waals surface area contributed by atoms with Crippen LogP contribution in [0.2, 0.25) is 10.0 Å². The van der Waals surface area contributed by atoms with Gasteiger partial charge in [0, 0.05) is 9.79 Å². The topological polar surface area (TPSA) is 37.3 Å². The number of carboxylic acid groups (broad SMARTS) is 1. The van der Waals surface area contributed by atoms with Crippen LogP contribution in [0.3, 0.4) is 0 Å². The van der Waals surface area contributed by atoms with Crippen LogP contribution in [-0.2, 0) is 4.79 Å². The minimum absolute atomic E-state index is 0.0192. The molecule has 1 aromatic carbocycles. The lowest BCUT2D eigenvalue weighted by molar-refractivity contribution is -0.133. The van der Waals surface area contributed by atoms with Crippen molar-refractivity contribution in [1.82, 2.24) is 0 Å². The fourth-order valence-corrected chi connectivity index (χ4v) is 2.94. The largest absolute Gasteiger partial charge is 0.481 e. The van der Waals surface area contributed by atoms with Gasteiger partial charge in [-0.1, -0.05) is 23.2 Å². The molecule has 0 aliphatic carbocycles. The van der Waals surface area contributed by atoms with Gasteiger partial charge in [-0.2, -0.15) is 0 Å². The zero-order valence-electron chi connectivity index (χ0n) is 7.79. The van der Waals surface area contributed by atoms with Gasteiger partial charge in [-0.05, 0) is 18.4 Å². The lowest BCUT2D eigenvalue weighted by Gasteiger charge is -2.06. The Bertz CT molecular complexity index is 383. The average Bonchev–Trinajstić information content (AvgIpc) is 2.18. The molecule has 0 aromatic heterocycles. The summed E-state index contributed by atoms with van der Waals surface area (Å²) in [4.78, 5) is 12.0. The van der Waals surface area contributed by atoms with Gasteiger partial charge in [-0.3, -0.25) is 4.79 Å². The highest BCUT2D eigenvalue weighted by atomic mass is 35.5. The number of benzene rings is 1. The van der Waals surface area contributed by atoms with Crippen LogP contribution in [0.15, 0.2) is 21.9 Å². The molecule has 0 unspecified atom stereocenters. The molecule has 0 radical (unpaired) electrons. The number of hydrogen-bond acceptors (Lipinski definition) is 3. The van der Waals surface area contributed by atoms with Crippen LogP contribution in [0.1, 0.15) is 0 Å². The molecule has 0 heterocycles. The highest BCUT2D eigenvalue weighted by Gasteiger charge is 2.08. The first-order chi connectivity index (χ1) is 7.04. The van der Waals surface area contributed by atoms with Crippen molar-refractivity contribution in [2.45, 2.75) is 9.79 Å². The van der Waals surface area contributed by atoms with Gasteiger partial charge in [0.1, 0.15) is 0 Å². The van der Waals surface area contributed by atoms with Crippen LogP contribution in [0.25, 0.3) is 0 Å². The molecule has 0 spiro atoms. The number of rotatable bonds is 4. The molecule has 0 aliphatic rings. The van der Waals surface area contributed by atoms with Crippen LogP contribution in [0.4, 0.5) is 0 Å². The molecular formula is C9H8Cl2O2S2. The highest BCUT2D eigenvalue weighted by Crippen LogP contribution is 2.35. The summed E-state index contributed by atoms with van der Waals surface area (Å²) in [7, 11) is 0. The number of aliphatic carboxylic acids is 1. The summed E-state index contributed by atoms with van der Waals surface area (Å²) in [6, 6.07) is 3.45. The monoisotopic (exact) mass is 282 g/mol. The molecule has 0 fully saturated rings. The van der Waals surface area contributed by atoms with E-state index in [-0.39, 0.29) is 5.75 Å². The van der Waals surface area contributed by atoms with E-state index in [9.17, 15) is 4.79 Å². The first kappa shape index (κ1) is 13.0. The summed E-state index contributed by atoms with van der Waals surface area (Å²) < 4.78 is 0. The Morgan fingerprint density at radius 2 is 1.87 bits per heavy atom. The van der Waals surface area contributed by atoms with Gasteiger partial charge in [0.2, 0.25) is 0 Å². The molecule has 0 saturated heterocycles. The van der Waals surface area contributed by atoms with Crippen molar-refractivity contribution in [2.24, 2.45) is 0 Å². The van der Waals surface area contributed by atoms with E-state index in [0.717, 1.165) is 16.7 Å². The lowest BCUT2D eigenvalue weighted by Crippen LogP contribution is -1.97. The number of thioether (sulfide) groups is 2.